The van der Waals surface area contributed by atoms with Gasteiger partial charge in [-0.3, -0.25) is 20.2 Å². The third kappa shape index (κ3) is 5.53. The van der Waals surface area contributed by atoms with Gasteiger partial charge in [-0.05, 0) is 37.3 Å². The van der Waals surface area contributed by atoms with E-state index in [1.165, 1.54) is 26.2 Å². The van der Waals surface area contributed by atoms with Crippen molar-refractivity contribution in [3.05, 3.63) is 63.7 Å². The maximum Gasteiger partial charge on any atom is 0.338 e. The van der Waals surface area contributed by atoms with E-state index in [-0.39, 0.29) is 11.3 Å². The number of rotatable bonds is 6. The number of urea groups is 1. The molecule has 0 aromatic heterocycles. The number of benzene rings is 2. The molecule has 0 aliphatic rings. The third-order valence-electron chi connectivity index (χ3n) is 3.58. The van der Waals surface area contributed by atoms with Crippen LogP contribution in [0.25, 0.3) is 0 Å². The van der Waals surface area contributed by atoms with Gasteiger partial charge in [-0.1, -0.05) is 6.07 Å². The van der Waals surface area contributed by atoms with Gasteiger partial charge in [0.05, 0.1) is 17.6 Å². The normalized spacial score (nSPS) is 9.93. The molecule has 2 rings (SSSR count). The Morgan fingerprint density at radius 1 is 1.11 bits per heavy atom. The molecule has 0 spiro atoms. The molecule has 0 atom stereocenters. The number of aryl methyl sites for hydroxylation is 1. The fourth-order valence-corrected chi connectivity index (χ4v) is 2.15. The third-order valence-corrected chi connectivity index (χ3v) is 3.58. The number of nitrogens with zero attached hydrogens (tertiary/aromatic N) is 1. The Hall–Kier alpha value is -3.95. The van der Waals surface area contributed by atoms with Crippen molar-refractivity contribution in [3.63, 3.8) is 0 Å². The topological polar surface area (TPSA) is 137 Å². The van der Waals surface area contributed by atoms with Gasteiger partial charge in [-0.25, -0.2) is 9.59 Å². The van der Waals surface area contributed by atoms with Gasteiger partial charge in [0, 0.05) is 17.3 Å². The highest BCUT2D eigenvalue weighted by Gasteiger charge is 2.17. The Morgan fingerprint density at radius 2 is 1.79 bits per heavy atom. The predicted molar refractivity (Wildman–Crippen MR) is 98.3 cm³/mol. The number of nitro benzene ring substituents is 1. The van der Waals surface area contributed by atoms with Crippen molar-refractivity contribution in [1.82, 2.24) is 5.32 Å². The largest absolute Gasteiger partial charge is 0.497 e. The van der Waals surface area contributed by atoms with E-state index in [1.54, 1.807) is 24.3 Å². The highest BCUT2D eigenvalue weighted by Crippen LogP contribution is 2.19. The first-order chi connectivity index (χ1) is 13.3. The SMILES string of the molecule is COc1ccc(NC(=O)NC(=O)COC(=O)c2ccc(C)c([N+](=O)[O-])c2)cc1. The Morgan fingerprint density at radius 3 is 2.39 bits per heavy atom. The first kappa shape index (κ1) is 20.4. The lowest BCUT2D eigenvalue weighted by Crippen LogP contribution is -2.37. The van der Waals surface area contributed by atoms with E-state index in [0.717, 1.165) is 6.07 Å². The van der Waals surface area contributed by atoms with E-state index < -0.39 is 29.4 Å². The maximum absolute atomic E-state index is 11.9. The fourth-order valence-electron chi connectivity index (χ4n) is 2.15. The van der Waals surface area contributed by atoms with Gasteiger partial charge in [0.15, 0.2) is 6.61 Å². The molecule has 10 heteroatoms. The van der Waals surface area contributed by atoms with E-state index >= 15 is 0 Å². The number of imide groups is 1. The summed E-state index contributed by atoms with van der Waals surface area (Å²) in [7, 11) is 1.50. The standard InChI is InChI=1S/C18H17N3O7/c1-11-3-4-12(9-15(11)21(25)26)17(23)28-10-16(22)20-18(24)19-13-5-7-14(27-2)8-6-13/h3-9H,10H2,1-2H3,(H2,19,20,22,24). The number of methoxy groups -OCH3 is 1. The maximum atomic E-state index is 11.9. The quantitative estimate of drug-likeness (QED) is 0.441. The summed E-state index contributed by atoms with van der Waals surface area (Å²) in [5.41, 5.74) is 0.495. The van der Waals surface area contributed by atoms with E-state index in [0.29, 0.717) is 17.0 Å². The molecule has 0 radical (unpaired) electrons. The number of amides is 3. The van der Waals surface area contributed by atoms with Crippen LogP contribution in [0.3, 0.4) is 0 Å². The summed E-state index contributed by atoms with van der Waals surface area (Å²) >= 11 is 0. The molecular formula is C18H17N3O7. The molecule has 3 amide bonds. The summed E-state index contributed by atoms with van der Waals surface area (Å²) in [5.74, 6) is -1.18. The molecule has 2 aromatic carbocycles. The summed E-state index contributed by atoms with van der Waals surface area (Å²) in [4.78, 5) is 45.7. The molecule has 0 aliphatic carbocycles. The lowest BCUT2D eigenvalue weighted by Gasteiger charge is -2.08. The molecule has 0 aliphatic heterocycles. The minimum atomic E-state index is -0.922. The second-order valence-electron chi connectivity index (χ2n) is 5.57. The number of carbonyl (C=O) groups is 3. The van der Waals surface area contributed by atoms with Gasteiger partial charge in [-0.2, -0.15) is 0 Å². The monoisotopic (exact) mass is 387 g/mol. The van der Waals surface area contributed by atoms with Crippen molar-refractivity contribution in [2.45, 2.75) is 6.92 Å². The van der Waals surface area contributed by atoms with Gasteiger partial charge in [0.25, 0.3) is 11.6 Å². The Balaban J connectivity index is 1.85. The van der Waals surface area contributed by atoms with E-state index in [4.69, 9.17) is 9.47 Å². The smallest absolute Gasteiger partial charge is 0.338 e. The minimum Gasteiger partial charge on any atom is -0.497 e. The molecule has 28 heavy (non-hydrogen) atoms. The van der Waals surface area contributed by atoms with Crippen molar-refractivity contribution >= 4 is 29.3 Å². The molecule has 0 heterocycles. The lowest BCUT2D eigenvalue weighted by atomic mass is 10.1. The van der Waals surface area contributed by atoms with Gasteiger partial charge < -0.3 is 14.8 Å². The van der Waals surface area contributed by atoms with Crippen molar-refractivity contribution < 1.29 is 28.8 Å². The molecule has 146 valence electrons. The number of ether oxygens (including phenoxy) is 2. The van der Waals surface area contributed by atoms with Crippen molar-refractivity contribution in [1.29, 1.82) is 0 Å². The molecule has 0 saturated heterocycles. The van der Waals surface area contributed by atoms with Crippen LogP contribution in [0.5, 0.6) is 5.75 Å². The van der Waals surface area contributed by atoms with Gasteiger partial charge in [-0.15, -0.1) is 0 Å². The number of nitro groups is 1. The zero-order valence-corrected chi connectivity index (χ0v) is 15.1. The van der Waals surface area contributed by atoms with Crippen LogP contribution in [0.4, 0.5) is 16.2 Å². The van der Waals surface area contributed by atoms with Crippen LogP contribution >= 0.6 is 0 Å². The van der Waals surface area contributed by atoms with Crippen molar-refractivity contribution in [2.24, 2.45) is 0 Å². The van der Waals surface area contributed by atoms with Gasteiger partial charge in [0.2, 0.25) is 0 Å². The number of anilines is 1. The lowest BCUT2D eigenvalue weighted by molar-refractivity contribution is -0.385. The Bertz CT molecular complexity index is 910. The van der Waals surface area contributed by atoms with Crippen LogP contribution in [-0.2, 0) is 9.53 Å². The molecule has 0 fully saturated rings. The molecular weight excluding hydrogens is 370 g/mol. The average Bonchev–Trinajstić information content (AvgIpc) is 2.66. The van der Waals surface area contributed by atoms with Crippen LogP contribution < -0.4 is 15.4 Å². The van der Waals surface area contributed by atoms with E-state index in [2.05, 4.69) is 5.32 Å². The summed E-state index contributed by atoms with van der Waals surface area (Å²) < 4.78 is 9.76. The van der Waals surface area contributed by atoms with Crippen molar-refractivity contribution in [2.75, 3.05) is 19.0 Å². The molecule has 10 nitrogen and oxygen atoms in total. The first-order valence-corrected chi connectivity index (χ1v) is 7.97. The highest BCUT2D eigenvalue weighted by molar-refractivity contribution is 6.02. The fraction of sp³-hybridized carbons (Fsp3) is 0.167. The molecule has 0 saturated carbocycles. The van der Waals surface area contributed by atoms with Crippen LogP contribution in [0, 0.1) is 17.0 Å². The Labute approximate surface area is 159 Å². The number of hydrogen-bond donors (Lipinski definition) is 2. The second-order valence-corrected chi connectivity index (χ2v) is 5.57. The zero-order valence-electron chi connectivity index (χ0n) is 15.1. The molecule has 2 aromatic rings. The highest BCUT2D eigenvalue weighted by atomic mass is 16.6. The predicted octanol–water partition coefficient (Wildman–Crippen LogP) is 2.42. The van der Waals surface area contributed by atoms with Gasteiger partial charge in [0.1, 0.15) is 5.75 Å². The number of hydrogen-bond acceptors (Lipinski definition) is 7. The summed E-state index contributed by atoms with van der Waals surface area (Å²) in [6, 6.07) is 9.40. The van der Waals surface area contributed by atoms with E-state index in [1.807, 2.05) is 5.32 Å². The summed E-state index contributed by atoms with van der Waals surface area (Å²) in [6.45, 7) is 0.804. The van der Waals surface area contributed by atoms with Crippen molar-refractivity contribution in [3.8, 4) is 5.75 Å². The zero-order chi connectivity index (χ0) is 20.7. The van der Waals surface area contributed by atoms with Crippen LogP contribution in [0.2, 0.25) is 0 Å². The van der Waals surface area contributed by atoms with Crippen LogP contribution in [0.1, 0.15) is 15.9 Å². The number of nitrogens with one attached hydrogen (secondary N) is 2. The number of esters is 1. The summed E-state index contributed by atoms with van der Waals surface area (Å²) in [6.07, 6.45) is 0. The number of carbonyl (C=O) groups excluding carboxylic acids is 3. The molecule has 0 bridgehead atoms. The van der Waals surface area contributed by atoms with Gasteiger partial charge >= 0.3 is 12.0 Å². The minimum absolute atomic E-state index is 0.0761. The van der Waals surface area contributed by atoms with Crippen LogP contribution in [0.15, 0.2) is 42.5 Å². The molecule has 2 N–H and O–H groups in total. The van der Waals surface area contributed by atoms with Crippen LogP contribution in [-0.4, -0.2) is 36.5 Å². The van der Waals surface area contributed by atoms with E-state index in [9.17, 15) is 24.5 Å². The Kier molecular flexibility index (Phi) is 6.63. The summed E-state index contributed by atoms with van der Waals surface area (Å²) in [5, 5.41) is 15.3. The average molecular weight is 387 g/mol. The first-order valence-electron chi connectivity index (χ1n) is 7.97. The second kappa shape index (κ2) is 9.12. The molecule has 0 unspecified atom stereocenters.